The van der Waals surface area contributed by atoms with Gasteiger partial charge in [-0.05, 0) is 18.2 Å². The number of hydrogen-bond donors (Lipinski definition) is 0. The minimum absolute atomic E-state index is 0.140. The van der Waals surface area contributed by atoms with Crippen molar-refractivity contribution in [3.05, 3.63) is 23.8 Å². The van der Waals surface area contributed by atoms with Crippen LogP contribution in [0.5, 0.6) is 11.5 Å². The molecule has 1 aromatic carbocycles. The van der Waals surface area contributed by atoms with Gasteiger partial charge >= 0.3 is 5.97 Å². The Morgan fingerprint density at radius 2 is 2.06 bits per heavy atom. The zero-order valence-corrected chi connectivity index (χ0v) is 9.06. The largest absolute Gasteiger partial charge is 0.493 e. The lowest BCUT2D eigenvalue weighted by Crippen LogP contribution is -2.14. The van der Waals surface area contributed by atoms with Crippen LogP contribution in [0.1, 0.15) is 10.4 Å². The fourth-order valence-corrected chi connectivity index (χ4v) is 1.11. The van der Waals surface area contributed by atoms with Crippen molar-refractivity contribution in [3.8, 4) is 11.5 Å². The van der Waals surface area contributed by atoms with E-state index < -0.39 is 5.97 Å². The molecule has 0 saturated heterocycles. The average Bonchev–Trinajstić information content (AvgIpc) is 2.30. The molecule has 0 spiro atoms. The molecule has 0 aliphatic heterocycles. The maximum Gasteiger partial charge on any atom is 0.337 e. The van der Waals surface area contributed by atoms with Crippen molar-refractivity contribution in [2.45, 2.75) is 0 Å². The predicted molar refractivity (Wildman–Crippen MR) is 55.9 cm³/mol. The third-order valence-electron chi connectivity index (χ3n) is 1.81. The number of ether oxygens (including phenoxy) is 3. The van der Waals surface area contributed by atoms with Gasteiger partial charge in [-0.25, -0.2) is 4.79 Å². The van der Waals surface area contributed by atoms with E-state index >= 15 is 0 Å². The van der Waals surface area contributed by atoms with Gasteiger partial charge in [0.25, 0.3) is 0 Å². The first-order chi connectivity index (χ1) is 7.71. The van der Waals surface area contributed by atoms with Crippen LogP contribution in [0.3, 0.4) is 0 Å². The quantitative estimate of drug-likeness (QED) is 0.425. The average molecular weight is 224 g/mol. The van der Waals surface area contributed by atoms with Crippen molar-refractivity contribution in [1.82, 2.24) is 0 Å². The first-order valence-corrected chi connectivity index (χ1v) is 4.54. The zero-order valence-electron chi connectivity index (χ0n) is 9.06. The molecule has 0 N–H and O–H groups in total. The second-order valence-corrected chi connectivity index (χ2v) is 2.94. The molecule has 0 fully saturated rings. The molecule has 5 nitrogen and oxygen atoms in total. The highest BCUT2D eigenvalue weighted by Gasteiger charge is 2.10. The van der Waals surface area contributed by atoms with E-state index in [4.69, 9.17) is 9.47 Å². The van der Waals surface area contributed by atoms with Crippen molar-refractivity contribution in [2.24, 2.45) is 0 Å². The second kappa shape index (κ2) is 5.87. The Hall–Kier alpha value is -1.88. The summed E-state index contributed by atoms with van der Waals surface area (Å²) in [6, 6.07) is 4.52. The third kappa shape index (κ3) is 3.06. The van der Waals surface area contributed by atoms with Crippen LogP contribution in [0, 0.1) is 0 Å². The van der Waals surface area contributed by atoms with E-state index in [0.29, 0.717) is 17.6 Å². The van der Waals surface area contributed by atoms with Crippen LogP contribution in [0.4, 0.5) is 0 Å². The van der Waals surface area contributed by atoms with Crippen molar-refractivity contribution < 1.29 is 23.8 Å². The van der Waals surface area contributed by atoms with E-state index in [1.807, 2.05) is 0 Å². The molecule has 5 heteroatoms. The minimum atomic E-state index is -0.528. The van der Waals surface area contributed by atoms with Gasteiger partial charge < -0.3 is 14.2 Å². The van der Waals surface area contributed by atoms with Crippen molar-refractivity contribution in [3.63, 3.8) is 0 Å². The Balaban J connectivity index is 2.87. The topological polar surface area (TPSA) is 61.8 Å². The lowest BCUT2D eigenvalue weighted by molar-refractivity contribution is -0.138. The van der Waals surface area contributed by atoms with Crippen LogP contribution in [0.2, 0.25) is 0 Å². The summed E-state index contributed by atoms with van der Waals surface area (Å²) in [5, 5.41) is 0. The van der Waals surface area contributed by atoms with Gasteiger partial charge in [-0.2, -0.15) is 0 Å². The minimum Gasteiger partial charge on any atom is -0.493 e. The molecule has 0 aliphatic carbocycles. The van der Waals surface area contributed by atoms with Crippen LogP contribution in [-0.4, -0.2) is 33.1 Å². The lowest BCUT2D eigenvalue weighted by Gasteiger charge is -2.08. The van der Waals surface area contributed by atoms with E-state index in [-0.39, 0.29) is 12.4 Å². The normalized spacial score (nSPS) is 9.62. The number of benzene rings is 1. The fourth-order valence-electron chi connectivity index (χ4n) is 1.11. The smallest absolute Gasteiger partial charge is 0.337 e. The van der Waals surface area contributed by atoms with Crippen molar-refractivity contribution >= 4 is 12.3 Å². The molecule has 0 aliphatic rings. The maximum atomic E-state index is 11.2. The molecule has 1 aromatic rings. The van der Waals surface area contributed by atoms with Crippen LogP contribution in [0.25, 0.3) is 0 Å². The zero-order chi connectivity index (χ0) is 12.0. The monoisotopic (exact) mass is 224 g/mol. The van der Waals surface area contributed by atoms with Gasteiger partial charge in [-0.15, -0.1) is 0 Å². The van der Waals surface area contributed by atoms with E-state index in [0.717, 1.165) is 0 Å². The molecule has 0 heterocycles. The standard InChI is InChI=1S/C11H12O5/c1-14-7-11(13)16-9-4-3-8(6-12)5-10(9)15-2/h3-6H,7H2,1-2H3. The molecular weight excluding hydrogens is 212 g/mol. The highest BCUT2D eigenvalue weighted by Crippen LogP contribution is 2.27. The Morgan fingerprint density at radius 1 is 1.31 bits per heavy atom. The Labute approximate surface area is 92.9 Å². The molecular formula is C11H12O5. The third-order valence-corrected chi connectivity index (χ3v) is 1.81. The number of hydrogen-bond acceptors (Lipinski definition) is 5. The van der Waals surface area contributed by atoms with E-state index in [2.05, 4.69) is 4.74 Å². The highest BCUT2D eigenvalue weighted by molar-refractivity contribution is 5.78. The maximum absolute atomic E-state index is 11.2. The molecule has 0 bridgehead atoms. The van der Waals surface area contributed by atoms with Gasteiger partial charge in [0.15, 0.2) is 11.5 Å². The summed E-state index contributed by atoms with van der Waals surface area (Å²) in [6.45, 7) is -0.140. The van der Waals surface area contributed by atoms with Crippen molar-refractivity contribution in [1.29, 1.82) is 0 Å². The van der Waals surface area contributed by atoms with Gasteiger partial charge in [0.2, 0.25) is 0 Å². The van der Waals surface area contributed by atoms with Gasteiger partial charge in [0, 0.05) is 12.7 Å². The van der Waals surface area contributed by atoms with E-state index in [1.54, 1.807) is 0 Å². The van der Waals surface area contributed by atoms with Gasteiger partial charge in [0.05, 0.1) is 7.11 Å². The number of esters is 1. The molecule has 86 valence electrons. The molecule has 0 saturated carbocycles. The number of rotatable bonds is 5. The number of carbonyl (C=O) groups excluding carboxylic acids is 2. The van der Waals surface area contributed by atoms with Crippen LogP contribution in [-0.2, 0) is 9.53 Å². The molecule has 0 atom stereocenters. The molecule has 0 amide bonds. The van der Waals surface area contributed by atoms with Crippen LogP contribution in [0.15, 0.2) is 18.2 Å². The van der Waals surface area contributed by atoms with Gasteiger partial charge in [-0.3, -0.25) is 4.79 Å². The van der Waals surface area contributed by atoms with Crippen LogP contribution >= 0.6 is 0 Å². The first kappa shape index (κ1) is 12.2. The van der Waals surface area contributed by atoms with Crippen molar-refractivity contribution in [2.75, 3.05) is 20.8 Å². The summed E-state index contributed by atoms with van der Waals surface area (Å²) in [4.78, 5) is 21.7. The number of aldehydes is 1. The number of methoxy groups -OCH3 is 2. The first-order valence-electron chi connectivity index (χ1n) is 4.54. The van der Waals surface area contributed by atoms with Crippen LogP contribution < -0.4 is 9.47 Å². The molecule has 0 aromatic heterocycles. The summed E-state index contributed by atoms with van der Waals surface area (Å²) < 4.78 is 14.6. The summed E-state index contributed by atoms with van der Waals surface area (Å²) in [5.41, 5.74) is 0.448. The SMILES string of the molecule is COCC(=O)Oc1ccc(C=O)cc1OC. The van der Waals surface area contributed by atoms with Gasteiger partial charge in [-0.1, -0.05) is 0 Å². The summed E-state index contributed by atoms with van der Waals surface area (Å²) >= 11 is 0. The van der Waals surface area contributed by atoms with E-state index in [9.17, 15) is 9.59 Å². The predicted octanol–water partition coefficient (Wildman–Crippen LogP) is 1.06. The number of carbonyl (C=O) groups is 2. The molecule has 16 heavy (non-hydrogen) atoms. The summed E-state index contributed by atoms with van der Waals surface area (Å²) in [6.07, 6.45) is 0.684. The molecule has 1 rings (SSSR count). The molecule has 0 unspecified atom stereocenters. The Kier molecular flexibility index (Phi) is 4.47. The fraction of sp³-hybridized carbons (Fsp3) is 0.273. The van der Waals surface area contributed by atoms with E-state index in [1.165, 1.54) is 32.4 Å². The highest BCUT2D eigenvalue weighted by atomic mass is 16.6. The lowest BCUT2D eigenvalue weighted by atomic mass is 10.2. The summed E-state index contributed by atoms with van der Waals surface area (Å²) in [5.74, 6) is 0.0591. The van der Waals surface area contributed by atoms with Gasteiger partial charge in [0.1, 0.15) is 12.9 Å². The second-order valence-electron chi connectivity index (χ2n) is 2.94. The Morgan fingerprint density at radius 3 is 2.62 bits per heavy atom. The Bertz CT molecular complexity index is 386. The molecule has 0 radical (unpaired) electrons. The summed E-state index contributed by atoms with van der Waals surface area (Å²) in [7, 11) is 2.82.